The zero-order chi connectivity index (χ0) is 18.1. The van der Waals surface area contributed by atoms with Crippen molar-refractivity contribution in [1.29, 1.82) is 0 Å². The molecule has 1 fully saturated rings. The highest BCUT2D eigenvalue weighted by Gasteiger charge is 2.35. The molecule has 1 atom stereocenters. The molecule has 2 aromatic carbocycles. The fraction of sp³-hybridized carbons (Fsp3) is 0.400. The summed E-state index contributed by atoms with van der Waals surface area (Å²) in [5.74, 6) is 0.0170. The van der Waals surface area contributed by atoms with Crippen LogP contribution in [0, 0.1) is 0 Å². The summed E-state index contributed by atoms with van der Waals surface area (Å²) in [5.41, 5.74) is 3.54. The Balaban J connectivity index is 1.42. The predicted molar refractivity (Wildman–Crippen MR) is 105 cm³/mol. The maximum absolute atomic E-state index is 12.8. The summed E-state index contributed by atoms with van der Waals surface area (Å²) in [6.45, 7) is 3.11. The molecule has 4 nitrogen and oxygen atoms in total. The summed E-state index contributed by atoms with van der Waals surface area (Å²) in [7, 11) is -3.31. The third-order valence-electron chi connectivity index (χ3n) is 5.43. The Kier molecular flexibility index (Phi) is 5.06. The number of benzene rings is 2. The quantitative estimate of drug-likeness (QED) is 0.804. The van der Waals surface area contributed by atoms with Gasteiger partial charge < -0.3 is 0 Å². The molecule has 1 unspecified atom stereocenters. The Morgan fingerprint density at radius 2 is 1.85 bits per heavy atom. The highest BCUT2D eigenvalue weighted by Crippen LogP contribution is 2.26. The van der Waals surface area contributed by atoms with Gasteiger partial charge in [-0.3, -0.25) is 4.90 Å². The lowest BCUT2D eigenvalue weighted by Crippen LogP contribution is -2.41. The van der Waals surface area contributed by atoms with E-state index in [1.165, 1.54) is 11.1 Å². The Morgan fingerprint density at radius 3 is 2.65 bits per heavy atom. The Labute approximate surface area is 160 Å². The summed E-state index contributed by atoms with van der Waals surface area (Å²) >= 11 is 5.98. The Hall–Kier alpha value is -1.40. The number of hydrogen-bond donors (Lipinski definition) is 0. The van der Waals surface area contributed by atoms with Gasteiger partial charge in [0.15, 0.2) is 0 Å². The lowest BCUT2D eigenvalue weighted by atomic mass is 9.98. The highest BCUT2D eigenvalue weighted by atomic mass is 35.5. The van der Waals surface area contributed by atoms with Crippen LogP contribution in [0.4, 0.5) is 0 Å². The van der Waals surface area contributed by atoms with Crippen LogP contribution in [0.2, 0.25) is 5.02 Å². The van der Waals surface area contributed by atoms with Gasteiger partial charge in [0.2, 0.25) is 10.0 Å². The monoisotopic (exact) mass is 390 g/mol. The van der Waals surface area contributed by atoms with E-state index in [0.29, 0.717) is 24.2 Å². The molecule has 0 N–H and O–H groups in total. The number of nitrogens with zero attached hydrogens (tertiary/aromatic N) is 2. The first-order valence-corrected chi connectivity index (χ1v) is 11.0. The minimum atomic E-state index is -3.31. The summed E-state index contributed by atoms with van der Waals surface area (Å²) in [4.78, 5) is 2.44. The largest absolute Gasteiger partial charge is 0.294 e. The van der Waals surface area contributed by atoms with Gasteiger partial charge in [-0.05, 0) is 41.7 Å². The highest BCUT2D eigenvalue weighted by molar-refractivity contribution is 7.88. The van der Waals surface area contributed by atoms with Crippen LogP contribution in [0.25, 0.3) is 0 Å². The van der Waals surface area contributed by atoms with Crippen molar-refractivity contribution in [3.63, 3.8) is 0 Å². The van der Waals surface area contributed by atoms with Crippen molar-refractivity contribution >= 4 is 21.6 Å². The van der Waals surface area contributed by atoms with Gasteiger partial charge >= 0.3 is 0 Å². The molecular formula is C20H23ClN2O2S. The molecule has 0 spiro atoms. The minimum Gasteiger partial charge on any atom is -0.294 e. The van der Waals surface area contributed by atoms with Crippen molar-refractivity contribution in [2.24, 2.45) is 0 Å². The van der Waals surface area contributed by atoms with Gasteiger partial charge in [0.25, 0.3) is 0 Å². The van der Waals surface area contributed by atoms with Crippen molar-refractivity contribution < 1.29 is 8.42 Å². The third kappa shape index (κ3) is 3.81. The van der Waals surface area contributed by atoms with Gasteiger partial charge in [-0.1, -0.05) is 48.0 Å². The van der Waals surface area contributed by atoms with Gasteiger partial charge in [0.05, 0.1) is 5.75 Å². The van der Waals surface area contributed by atoms with Gasteiger partial charge in [-0.15, -0.1) is 0 Å². The van der Waals surface area contributed by atoms with Crippen LogP contribution >= 0.6 is 11.6 Å². The molecule has 0 amide bonds. The van der Waals surface area contributed by atoms with Crippen molar-refractivity contribution in [1.82, 2.24) is 9.21 Å². The van der Waals surface area contributed by atoms with Crippen LogP contribution in [-0.2, 0) is 28.7 Å². The van der Waals surface area contributed by atoms with Crippen LogP contribution in [0.15, 0.2) is 48.5 Å². The van der Waals surface area contributed by atoms with E-state index < -0.39 is 10.0 Å². The normalized spacial score (nSPS) is 21.7. The molecule has 6 heteroatoms. The molecule has 2 aliphatic heterocycles. The van der Waals surface area contributed by atoms with Gasteiger partial charge in [0, 0.05) is 37.2 Å². The van der Waals surface area contributed by atoms with Gasteiger partial charge in [0.1, 0.15) is 0 Å². The molecule has 138 valence electrons. The lowest BCUT2D eigenvalue weighted by molar-refractivity contribution is 0.185. The van der Waals surface area contributed by atoms with E-state index in [4.69, 9.17) is 11.6 Å². The standard InChI is InChI=1S/C20H23ClN2O2S/c21-19-7-3-4-16(12-19)15-26(24,25)23-11-9-20(14-23)22-10-8-17-5-1-2-6-18(17)13-22/h1-7,12,20H,8-11,13-15H2. The average Bonchev–Trinajstić information content (AvgIpc) is 3.12. The first-order chi connectivity index (χ1) is 12.5. The second kappa shape index (κ2) is 7.31. The Bertz CT molecular complexity index is 900. The maximum atomic E-state index is 12.8. The summed E-state index contributed by atoms with van der Waals surface area (Å²) in [6, 6.07) is 16.0. The van der Waals surface area contributed by atoms with Crippen molar-refractivity contribution in [2.45, 2.75) is 31.2 Å². The van der Waals surface area contributed by atoms with Crippen LogP contribution in [0.1, 0.15) is 23.1 Å². The SMILES string of the molecule is O=S(=O)(Cc1cccc(Cl)c1)N1CCC(N2CCc3ccccc3C2)C1. The molecule has 0 saturated carbocycles. The molecule has 2 aromatic rings. The number of rotatable bonds is 4. The molecule has 0 aromatic heterocycles. The molecule has 2 heterocycles. The molecule has 0 aliphatic carbocycles. The van der Waals surface area contributed by atoms with Gasteiger partial charge in [-0.25, -0.2) is 12.7 Å². The second-order valence-electron chi connectivity index (χ2n) is 7.18. The lowest BCUT2D eigenvalue weighted by Gasteiger charge is -2.33. The first kappa shape index (κ1) is 18.0. The average molecular weight is 391 g/mol. The fourth-order valence-corrected chi connectivity index (χ4v) is 5.80. The van der Waals surface area contributed by atoms with Crippen LogP contribution < -0.4 is 0 Å². The first-order valence-electron chi connectivity index (χ1n) is 9.04. The molecular weight excluding hydrogens is 368 g/mol. The number of fused-ring (bicyclic) bond motifs is 1. The van der Waals surface area contributed by atoms with Crippen molar-refractivity contribution in [2.75, 3.05) is 19.6 Å². The number of sulfonamides is 1. The summed E-state index contributed by atoms with van der Waals surface area (Å²) < 4.78 is 27.3. The van der Waals surface area contributed by atoms with Crippen molar-refractivity contribution in [3.05, 3.63) is 70.2 Å². The molecule has 26 heavy (non-hydrogen) atoms. The molecule has 1 saturated heterocycles. The van der Waals surface area contributed by atoms with Crippen LogP contribution in [0.3, 0.4) is 0 Å². The minimum absolute atomic E-state index is 0.0170. The topological polar surface area (TPSA) is 40.6 Å². The van der Waals surface area contributed by atoms with E-state index >= 15 is 0 Å². The molecule has 2 aliphatic rings. The molecule has 0 radical (unpaired) electrons. The Morgan fingerprint density at radius 1 is 1.04 bits per heavy atom. The van der Waals surface area contributed by atoms with Crippen LogP contribution in [0.5, 0.6) is 0 Å². The number of halogens is 1. The zero-order valence-corrected chi connectivity index (χ0v) is 16.2. The second-order valence-corrected chi connectivity index (χ2v) is 9.58. The maximum Gasteiger partial charge on any atom is 0.218 e. The smallest absolute Gasteiger partial charge is 0.218 e. The van der Waals surface area contributed by atoms with E-state index in [2.05, 4.69) is 29.2 Å². The van der Waals surface area contributed by atoms with Gasteiger partial charge in [-0.2, -0.15) is 0 Å². The fourth-order valence-electron chi connectivity index (χ4n) is 4.02. The van der Waals surface area contributed by atoms with E-state index in [-0.39, 0.29) is 5.75 Å². The van der Waals surface area contributed by atoms with E-state index in [0.717, 1.165) is 31.5 Å². The summed E-state index contributed by atoms with van der Waals surface area (Å²) in [6.07, 6.45) is 1.94. The molecule has 0 bridgehead atoms. The van der Waals surface area contributed by atoms with Crippen molar-refractivity contribution in [3.8, 4) is 0 Å². The van der Waals surface area contributed by atoms with E-state index in [9.17, 15) is 8.42 Å². The third-order valence-corrected chi connectivity index (χ3v) is 7.49. The van der Waals surface area contributed by atoms with E-state index in [1.807, 2.05) is 6.07 Å². The zero-order valence-electron chi connectivity index (χ0n) is 14.6. The summed E-state index contributed by atoms with van der Waals surface area (Å²) in [5, 5.41) is 0.573. The molecule has 4 rings (SSSR count). The van der Waals surface area contributed by atoms with Crippen LogP contribution in [-0.4, -0.2) is 43.3 Å². The predicted octanol–water partition coefficient (Wildman–Crippen LogP) is 3.30. The number of hydrogen-bond acceptors (Lipinski definition) is 3. The van der Waals surface area contributed by atoms with E-state index in [1.54, 1.807) is 22.5 Å².